The molecular weight excluding hydrogens is 413 g/mol. The Bertz CT molecular complexity index is 1070. The third-order valence-corrected chi connectivity index (χ3v) is 5.77. The molecule has 0 saturated carbocycles. The minimum Gasteiger partial charge on any atom is -0.352 e. The maximum Gasteiger partial charge on any atom is 0.417 e. The number of aliphatic imine (C=N–C) groups is 1. The van der Waals surface area contributed by atoms with Crippen molar-refractivity contribution in [2.45, 2.75) is 25.4 Å². The van der Waals surface area contributed by atoms with Gasteiger partial charge in [-0.05, 0) is 48.7 Å². The third kappa shape index (κ3) is 4.93. The van der Waals surface area contributed by atoms with Gasteiger partial charge in [-0.1, -0.05) is 48.6 Å². The summed E-state index contributed by atoms with van der Waals surface area (Å²) in [6.07, 6.45) is 4.82. The minimum atomic E-state index is -4.38. The highest BCUT2D eigenvalue weighted by molar-refractivity contribution is 6.01. The molecule has 1 N–H and O–H groups in total. The standard InChI is InChI=1S/C25H25F3N4/c1-2-18-6-3-4-7-19(18)11-14-30-24-22-17-32(15-12-20(22)8-5-13-29-24)23-10-9-21(16-31-23)25(26,27)28/h2-7,9-10,13,16H,1,8,11-12,14-15,17H2,(H,29,30). The molecule has 7 heteroatoms. The SMILES string of the molecule is C=Cc1ccccc1CCN=C1NC=CCC2=C1CN(c1ccc(C(F)(F)F)cn1)CC2. The maximum atomic E-state index is 12.9. The van der Waals surface area contributed by atoms with Gasteiger partial charge in [0.05, 0.1) is 5.56 Å². The van der Waals surface area contributed by atoms with Crippen LogP contribution in [0.15, 0.2) is 77.6 Å². The Morgan fingerprint density at radius 2 is 2.03 bits per heavy atom. The fraction of sp³-hybridized carbons (Fsp3) is 0.280. The van der Waals surface area contributed by atoms with Crippen LogP contribution in [0.1, 0.15) is 29.5 Å². The van der Waals surface area contributed by atoms with Gasteiger partial charge in [-0.25, -0.2) is 4.98 Å². The van der Waals surface area contributed by atoms with Gasteiger partial charge in [-0.2, -0.15) is 13.2 Å². The van der Waals surface area contributed by atoms with Crippen LogP contribution in [0.3, 0.4) is 0 Å². The van der Waals surface area contributed by atoms with E-state index in [9.17, 15) is 13.2 Å². The average Bonchev–Trinajstić information content (AvgIpc) is 3.00. The van der Waals surface area contributed by atoms with Gasteiger partial charge < -0.3 is 10.2 Å². The van der Waals surface area contributed by atoms with Crippen molar-refractivity contribution in [2.75, 3.05) is 24.5 Å². The van der Waals surface area contributed by atoms with Crippen molar-refractivity contribution in [1.82, 2.24) is 10.3 Å². The van der Waals surface area contributed by atoms with E-state index in [1.165, 1.54) is 17.2 Å². The van der Waals surface area contributed by atoms with Crippen molar-refractivity contribution < 1.29 is 13.2 Å². The van der Waals surface area contributed by atoms with Gasteiger partial charge in [-0.3, -0.25) is 4.99 Å². The van der Waals surface area contributed by atoms with Crippen molar-refractivity contribution in [2.24, 2.45) is 4.99 Å². The molecule has 2 aliphatic heterocycles. The number of aromatic nitrogens is 1. The molecule has 1 aromatic heterocycles. The van der Waals surface area contributed by atoms with Crippen LogP contribution in [0.4, 0.5) is 19.0 Å². The zero-order valence-electron chi connectivity index (χ0n) is 17.7. The Balaban J connectivity index is 1.51. The first-order chi connectivity index (χ1) is 15.5. The Morgan fingerprint density at radius 3 is 2.78 bits per heavy atom. The summed E-state index contributed by atoms with van der Waals surface area (Å²) in [5.74, 6) is 1.36. The van der Waals surface area contributed by atoms with Crippen LogP contribution in [-0.4, -0.2) is 30.5 Å². The fourth-order valence-corrected chi connectivity index (χ4v) is 4.02. The van der Waals surface area contributed by atoms with E-state index in [-0.39, 0.29) is 0 Å². The van der Waals surface area contributed by atoms with Gasteiger partial charge in [0.15, 0.2) is 0 Å². The van der Waals surface area contributed by atoms with Crippen molar-refractivity contribution in [1.29, 1.82) is 0 Å². The number of nitrogens with zero attached hydrogens (tertiary/aromatic N) is 3. The summed E-state index contributed by atoms with van der Waals surface area (Å²) in [5.41, 5.74) is 3.98. The van der Waals surface area contributed by atoms with Gasteiger partial charge in [-0.15, -0.1) is 0 Å². The smallest absolute Gasteiger partial charge is 0.352 e. The predicted octanol–water partition coefficient (Wildman–Crippen LogP) is 5.40. The van der Waals surface area contributed by atoms with E-state index < -0.39 is 11.7 Å². The normalized spacial score (nSPS) is 17.7. The van der Waals surface area contributed by atoms with E-state index in [2.05, 4.69) is 29.0 Å². The van der Waals surface area contributed by atoms with Crippen LogP contribution in [0, 0.1) is 0 Å². The Kier molecular flexibility index (Phi) is 6.44. The van der Waals surface area contributed by atoms with E-state index in [1.807, 2.05) is 35.4 Å². The number of anilines is 1. The molecule has 0 spiro atoms. The summed E-state index contributed by atoms with van der Waals surface area (Å²) < 4.78 is 38.6. The van der Waals surface area contributed by atoms with Gasteiger partial charge in [0.25, 0.3) is 0 Å². The third-order valence-electron chi connectivity index (χ3n) is 5.77. The molecule has 4 nitrogen and oxygen atoms in total. The summed E-state index contributed by atoms with van der Waals surface area (Å²) in [6.45, 7) is 5.77. The first-order valence-electron chi connectivity index (χ1n) is 10.6. The van der Waals surface area contributed by atoms with Crippen LogP contribution < -0.4 is 10.2 Å². The van der Waals surface area contributed by atoms with E-state index in [1.54, 1.807) is 0 Å². The quantitative estimate of drug-likeness (QED) is 0.680. The lowest BCUT2D eigenvalue weighted by atomic mass is 9.96. The molecule has 32 heavy (non-hydrogen) atoms. The summed E-state index contributed by atoms with van der Waals surface area (Å²) in [6, 6.07) is 10.7. The molecule has 0 atom stereocenters. The number of nitrogens with one attached hydrogen (secondary N) is 1. The monoisotopic (exact) mass is 438 g/mol. The predicted molar refractivity (Wildman–Crippen MR) is 123 cm³/mol. The molecule has 0 bridgehead atoms. The number of hydrogen-bond acceptors (Lipinski definition) is 3. The van der Waals surface area contributed by atoms with Crippen LogP contribution in [0.5, 0.6) is 0 Å². The second-order valence-corrected chi connectivity index (χ2v) is 7.79. The minimum absolute atomic E-state index is 0.543. The van der Waals surface area contributed by atoms with Crippen molar-refractivity contribution in [3.05, 3.63) is 89.3 Å². The zero-order valence-corrected chi connectivity index (χ0v) is 17.7. The summed E-state index contributed by atoms with van der Waals surface area (Å²) >= 11 is 0. The lowest BCUT2D eigenvalue weighted by Gasteiger charge is -2.31. The second-order valence-electron chi connectivity index (χ2n) is 7.79. The molecular formula is C25H25F3N4. The number of hydrogen-bond donors (Lipinski definition) is 1. The molecule has 0 aliphatic carbocycles. The number of amidine groups is 1. The highest BCUT2D eigenvalue weighted by Gasteiger charge is 2.31. The van der Waals surface area contributed by atoms with Crippen molar-refractivity contribution >= 4 is 17.7 Å². The molecule has 0 unspecified atom stereocenters. The molecule has 0 fully saturated rings. The molecule has 0 amide bonds. The topological polar surface area (TPSA) is 40.5 Å². The van der Waals surface area contributed by atoms with Gasteiger partial charge in [0.1, 0.15) is 11.7 Å². The maximum absolute atomic E-state index is 12.9. The number of benzene rings is 1. The van der Waals surface area contributed by atoms with Gasteiger partial charge >= 0.3 is 6.18 Å². The number of alkyl halides is 3. The van der Waals surface area contributed by atoms with Crippen LogP contribution in [0.2, 0.25) is 0 Å². The highest BCUT2D eigenvalue weighted by Crippen LogP contribution is 2.31. The largest absolute Gasteiger partial charge is 0.417 e. The molecule has 0 radical (unpaired) electrons. The fourth-order valence-electron chi connectivity index (χ4n) is 4.02. The highest BCUT2D eigenvalue weighted by atomic mass is 19.4. The first-order valence-corrected chi connectivity index (χ1v) is 10.6. The summed E-state index contributed by atoms with van der Waals surface area (Å²) in [7, 11) is 0. The average molecular weight is 438 g/mol. The molecule has 2 aromatic rings. The van der Waals surface area contributed by atoms with Crippen LogP contribution >= 0.6 is 0 Å². The number of pyridine rings is 1. The van der Waals surface area contributed by atoms with E-state index in [4.69, 9.17) is 4.99 Å². The molecule has 166 valence electrons. The Hall–Kier alpha value is -3.35. The van der Waals surface area contributed by atoms with E-state index >= 15 is 0 Å². The second kappa shape index (κ2) is 9.42. The van der Waals surface area contributed by atoms with Crippen LogP contribution in [0.25, 0.3) is 6.08 Å². The molecule has 0 saturated heterocycles. The Labute approximate surface area is 185 Å². The summed E-state index contributed by atoms with van der Waals surface area (Å²) in [4.78, 5) is 10.9. The molecule has 2 aliphatic rings. The lowest BCUT2D eigenvalue weighted by molar-refractivity contribution is -0.137. The number of halogens is 3. The number of allylic oxidation sites excluding steroid dienone is 1. The lowest BCUT2D eigenvalue weighted by Crippen LogP contribution is -2.37. The van der Waals surface area contributed by atoms with Crippen molar-refractivity contribution in [3.63, 3.8) is 0 Å². The van der Waals surface area contributed by atoms with E-state index in [0.29, 0.717) is 25.5 Å². The van der Waals surface area contributed by atoms with Crippen LogP contribution in [-0.2, 0) is 12.6 Å². The zero-order chi connectivity index (χ0) is 22.6. The molecule has 3 heterocycles. The number of rotatable bonds is 5. The first kappa shape index (κ1) is 21.9. The van der Waals surface area contributed by atoms with Gasteiger partial charge in [0, 0.05) is 31.4 Å². The van der Waals surface area contributed by atoms with Crippen molar-refractivity contribution in [3.8, 4) is 0 Å². The Morgan fingerprint density at radius 1 is 1.19 bits per heavy atom. The van der Waals surface area contributed by atoms with Gasteiger partial charge in [0.2, 0.25) is 0 Å². The summed E-state index contributed by atoms with van der Waals surface area (Å²) in [5, 5.41) is 3.29. The molecule has 4 rings (SSSR count). The van der Waals surface area contributed by atoms with E-state index in [0.717, 1.165) is 48.5 Å². The molecule has 1 aromatic carbocycles.